The largest absolute Gasteiger partial charge is 0.507 e. The van der Waals surface area contributed by atoms with E-state index in [0.29, 0.717) is 5.69 Å². The maximum absolute atomic E-state index is 12.9. The summed E-state index contributed by atoms with van der Waals surface area (Å²) in [5.74, 6) is -1.17. The highest BCUT2D eigenvalue weighted by Crippen LogP contribution is 2.21. The molecule has 4 N–H and O–H groups in total. The van der Waals surface area contributed by atoms with Crippen molar-refractivity contribution >= 4 is 11.8 Å². The third kappa shape index (κ3) is 7.63. The average Bonchev–Trinajstić information content (AvgIpc) is 3.34. The molecule has 0 saturated heterocycles. The van der Waals surface area contributed by atoms with Crippen LogP contribution in [-0.4, -0.2) is 45.3 Å². The van der Waals surface area contributed by atoms with Crippen LogP contribution in [-0.2, 0) is 4.79 Å². The lowest BCUT2D eigenvalue weighted by Crippen LogP contribution is -2.51. The predicted molar refractivity (Wildman–Crippen MR) is 128 cm³/mol. The lowest BCUT2D eigenvalue weighted by atomic mass is 9.97. The van der Waals surface area contributed by atoms with Gasteiger partial charge in [0.05, 0.1) is 12.2 Å². The molecule has 0 radical (unpaired) electrons. The van der Waals surface area contributed by atoms with E-state index in [-0.39, 0.29) is 23.3 Å². The quantitative estimate of drug-likeness (QED) is 0.527. The molecular weight excluding hydrogens is 418 g/mol. The van der Waals surface area contributed by atoms with Crippen LogP contribution in [0.2, 0.25) is 0 Å². The molecule has 1 aromatic heterocycles. The SMILES string of the molecule is O=C(N[C@@H](CO)C(=O)NC1CCCCCCCCCCC1)c1cc(-n2cccc2)ccc1O. The summed E-state index contributed by atoms with van der Waals surface area (Å²) in [6.07, 6.45) is 16.3. The number of hydrogen-bond acceptors (Lipinski definition) is 4. The molecule has 0 spiro atoms. The lowest BCUT2D eigenvalue weighted by Gasteiger charge is -2.23. The van der Waals surface area contributed by atoms with Gasteiger partial charge >= 0.3 is 0 Å². The van der Waals surface area contributed by atoms with Crippen molar-refractivity contribution in [3.8, 4) is 11.4 Å². The zero-order valence-corrected chi connectivity index (χ0v) is 19.3. The summed E-state index contributed by atoms with van der Waals surface area (Å²) in [7, 11) is 0. The molecule has 1 aliphatic rings. The monoisotopic (exact) mass is 455 g/mol. The van der Waals surface area contributed by atoms with Crippen molar-refractivity contribution in [3.05, 3.63) is 48.3 Å². The molecule has 0 bridgehead atoms. The number of aromatic hydroxyl groups is 1. The van der Waals surface area contributed by atoms with Crippen molar-refractivity contribution in [2.45, 2.75) is 82.7 Å². The topological polar surface area (TPSA) is 104 Å². The molecule has 0 aliphatic heterocycles. The number of nitrogens with zero attached hydrogens (tertiary/aromatic N) is 1. The molecule has 1 heterocycles. The lowest BCUT2D eigenvalue weighted by molar-refractivity contribution is -0.124. The van der Waals surface area contributed by atoms with Gasteiger partial charge in [-0.25, -0.2) is 0 Å². The highest BCUT2D eigenvalue weighted by molar-refractivity contribution is 6.00. The van der Waals surface area contributed by atoms with Gasteiger partial charge < -0.3 is 25.4 Å². The third-order valence-corrected chi connectivity index (χ3v) is 6.38. The fourth-order valence-corrected chi connectivity index (χ4v) is 4.41. The summed E-state index contributed by atoms with van der Waals surface area (Å²) in [4.78, 5) is 25.7. The number of nitrogens with one attached hydrogen (secondary N) is 2. The Kier molecular flexibility index (Phi) is 9.81. The molecular formula is C26H37N3O4. The molecule has 7 heteroatoms. The molecule has 1 fully saturated rings. The standard InChI is InChI=1S/C26H37N3O4/c30-19-23(26(33)27-20-12-8-6-4-2-1-3-5-7-9-13-20)28-25(32)22-18-21(14-15-24(22)31)29-16-10-11-17-29/h10-11,14-18,20,23,30-31H,1-9,12-13,19H2,(H,27,33)(H,28,32)/t23-/m0/s1. The smallest absolute Gasteiger partial charge is 0.255 e. The minimum atomic E-state index is -1.08. The molecule has 2 aromatic rings. The number of aliphatic hydroxyl groups excluding tert-OH is 1. The number of carbonyl (C=O) groups is 2. The van der Waals surface area contributed by atoms with E-state index >= 15 is 0 Å². The number of rotatable bonds is 6. The number of amides is 2. The normalized spacial score (nSPS) is 17.4. The molecule has 1 saturated carbocycles. The first-order valence-corrected chi connectivity index (χ1v) is 12.3. The van der Waals surface area contributed by atoms with Gasteiger partial charge in [0.25, 0.3) is 5.91 Å². The van der Waals surface area contributed by atoms with Crippen LogP contribution in [0, 0.1) is 0 Å². The highest BCUT2D eigenvalue weighted by Gasteiger charge is 2.24. The molecule has 2 amide bonds. The summed E-state index contributed by atoms with van der Waals surface area (Å²) in [6, 6.07) is 7.41. The Labute approximate surface area is 196 Å². The van der Waals surface area contributed by atoms with Gasteiger partial charge in [0.1, 0.15) is 11.8 Å². The van der Waals surface area contributed by atoms with Gasteiger partial charge in [-0.05, 0) is 43.2 Å². The summed E-state index contributed by atoms with van der Waals surface area (Å²) in [5, 5.41) is 25.6. The minimum absolute atomic E-state index is 0.0494. The van der Waals surface area contributed by atoms with Crippen LogP contribution in [0.5, 0.6) is 5.75 Å². The van der Waals surface area contributed by atoms with Gasteiger partial charge in [0.15, 0.2) is 0 Å². The van der Waals surface area contributed by atoms with Crippen molar-refractivity contribution in [1.29, 1.82) is 0 Å². The van der Waals surface area contributed by atoms with Gasteiger partial charge in [0, 0.05) is 24.1 Å². The van der Waals surface area contributed by atoms with Crippen LogP contribution in [0.15, 0.2) is 42.7 Å². The second kappa shape index (κ2) is 13.0. The van der Waals surface area contributed by atoms with Gasteiger partial charge in [-0.3, -0.25) is 9.59 Å². The molecule has 180 valence electrons. The summed E-state index contributed by atoms with van der Waals surface area (Å²) < 4.78 is 1.82. The zero-order valence-electron chi connectivity index (χ0n) is 19.3. The second-order valence-electron chi connectivity index (χ2n) is 8.97. The Morgan fingerprint density at radius 2 is 1.52 bits per heavy atom. The van der Waals surface area contributed by atoms with Crippen LogP contribution >= 0.6 is 0 Å². The van der Waals surface area contributed by atoms with Crippen LogP contribution in [0.1, 0.15) is 81.0 Å². The van der Waals surface area contributed by atoms with E-state index in [1.54, 1.807) is 12.1 Å². The Balaban J connectivity index is 1.61. The van der Waals surface area contributed by atoms with Crippen LogP contribution in [0.4, 0.5) is 0 Å². The first-order chi connectivity index (χ1) is 16.1. The van der Waals surface area contributed by atoms with E-state index in [1.807, 2.05) is 29.1 Å². The van der Waals surface area contributed by atoms with E-state index in [2.05, 4.69) is 10.6 Å². The Morgan fingerprint density at radius 1 is 0.939 bits per heavy atom. The van der Waals surface area contributed by atoms with Gasteiger partial charge in [-0.15, -0.1) is 0 Å². The molecule has 1 aromatic carbocycles. The van der Waals surface area contributed by atoms with E-state index in [9.17, 15) is 19.8 Å². The van der Waals surface area contributed by atoms with Crippen LogP contribution < -0.4 is 10.6 Å². The van der Waals surface area contributed by atoms with Gasteiger partial charge in [-0.2, -0.15) is 0 Å². The number of aromatic nitrogens is 1. The Morgan fingerprint density at radius 3 is 2.09 bits per heavy atom. The highest BCUT2D eigenvalue weighted by atomic mass is 16.3. The molecule has 0 unspecified atom stereocenters. The zero-order chi connectivity index (χ0) is 23.5. The maximum Gasteiger partial charge on any atom is 0.255 e. The Bertz CT molecular complexity index is 870. The predicted octanol–water partition coefficient (Wildman–Crippen LogP) is 4.06. The molecule has 33 heavy (non-hydrogen) atoms. The second-order valence-corrected chi connectivity index (χ2v) is 8.97. The van der Waals surface area contributed by atoms with E-state index in [0.717, 1.165) is 25.7 Å². The van der Waals surface area contributed by atoms with Crippen molar-refractivity contribution in [2.75, 3.05) is 6.61 Å². The van der Waals surface area contributed by atoms with Crippen molar-refractivity contribution < 1.29 is 19.8 Å². The summed E-state index contributed by atoms with van der Waals surface area (Å²) in [5.41, 5.74) is 0.764. The third-order valence-electron chi connectivity index (χ3n) is 6.38. The molecule has 1 atom stereocenters. The molecule has 1 aliphatic carbocycles. The first kappa shape index (κ1) is 24.8. The molecule has 7 nitrogen and oxygen atoms in total. The number of benzene rings is 1. The van der Waals surface area contributed by atoms with Crippen molar-refractivity contribution in [1.82, 2.24) is 15.2 Å². The van der Waals surface area contributed by atoms with Gasteiger partial charge in [-0.1, -0.05) is 57.8 Å². The number of aliphatic hydroxyl groups is 1. The van der Waals surface area contributed by atoms with Crippen molar-refractivity contribution in [3.63, 3.8) is 0 Å². The maximum atomic E-state index is 12.9. The number of hydrogen-bond donors (Lipinski definition) is 4. The first-order valence-electron chi connectivity index (χ1n) is 12.3. The number of carbonyl (C=O) groups excluding carboxylic acids is 2. The van der Waals surface area contributed by atoms with E-state index in [1.165, 1.54) is 51.0 Å². The number of phenols is 1. The molecule has 3 rings (SSSR count). The summed E-state index contributed by atoms with van der Waals surface area (Å²) >= 11 is 0. The number of phenolic OH excluding ortho intramolecular Hbond substituents is 1. The minimum Gasteiger partial charge on any atom is -0.507 e. The van der Waals surface area contributed by atoms with E-state index in [4.69, 9.17) is 0 Å². The van der Waals surface area contributed by atoms with Crippen molar-refractivity contribution in [2.24, 2.45) is 0 Å². The average molecular weight is 456 g/mol. The van der Waals surface area contributed by atoms with Crippen LogP contribution in [0.25, 0.3) is 5.69 Å². The van der Waals surface area contributed by atoms with Gasteiger partial charge in [0.2, 0.25) is 5.91 Å². The Hall–Kier alpha value is -2.80. The summed E-state index contributed by atoms with van der Waals surface area (Å²) in [6.45, 7) is -0.512. The fraction of sp³-hybridized carbons (Fsp3) is 0.538. The fourth-order valence-electron chi connectivity index (χ4n) is 4.41. The van der Waals surface area contributed by atoms with Crippen LogP contribution in [0.3, 0.4) is 0 Å². The van der Waals surface area contributed by atoms with E-state index < -0.39 is 18.6 Å².